The first-order valence-corrected chi connectivity index (χ1v) is 6.12. The molecule has 0 heterocycles. The molecule has 1 rings (SSSR count). The SMILES string of the molecule is CCCC(CN(C)CC1CCC1)NC. The van der Waals surface area contributed by atoms with Gasteiger partial charge < -0.3 is 10.2 Å². The summed E-state index contributed by atoms with van der Waals surface area (Å²) in [6.07, 6.45) is 6.96. The summed E-state index contributed by atoms with van der Waals surface area (Å²) >= 11 is 0. The molecule has 1 fully saturated rings. The van der Waals surface area contributed by atoms with Gasteiger partial charge in [-0.25, -0.2) is 0 Å². The minimum atomic E-state index is 0.685. The van der Waals surface area contributed by atoms with Crippen molar-refractivity contribution in [3.05, 3.63) is 0 Å². The van der Waals surface area contributed by atoms with Gasteiger partial charge in [-0.1, -0.05) is 19.8 Å². The first kappa shape index (κ1) is 12.0. The summed E-state index contributed by atoms with van der Waals surface area (Å²) < 4.78 is 0. The zero-order chi connectivity index (χ0) is 10.4. The van der Waals surface area contributed by atoms with Crippen LogP contribution in [-0.2, 0) is 0 Å². The van der Waals surface area contributed by atoms with Crippen molar-refractivity contribution >= 4 is 0 Å². The van der Waals surface area contributed by atoms with Crippen LogP contribution < -0.4 is 5.32 Å². The van der Waals surface area contributed by atoms with Crippen molar-refractivity contribution in [2.24, 2.45) is 5.92 Å². The number of rotatable bonds is 7. The van der Waals surface area contributed by atoms with E-state index in [0.717, 1.165) is 5.92 Å². The first-order chi connectivity index (χ1) is 6.76. The van der Waals surface area contributed by atoms with Crippen molar-refractivity contribution in [1.82, 2.24) is 10.2 Å². The fourth-order valence-corrected chi connectivity index (χ4v) is 2.24. The molecular weight excluding hydrogens is 172 g/mol. The van der Waals surface area contributed by atoms with E-state index in [1.165, 1.54) is 45.2 Å². The Balaban J connectivity index is 2.12. The van der Waals surface area contributed by atoms with Crippen LogP contribution in [0.3, 0.4) is 0 Å². The third-order valence-corrected chi connectivity index (χ3v) is 3.37. The van der Waals surface area contributed by atoms with E-state index in [0.29, 0.717) is 6.04 Å². The quantitative estimate of drug-likeness (QED) is 0.674. The van der Waals surface area contributed by atoms with Crippen LogP contribution in [0.1, 0.15) is 39.0 Å². The molecule has 0 amide bonds. The lowest BCUT2D eigenvalue weighted by Crippen LogP contribution is -2.40. The summed E-state index contributed by atoms with van der Waals surface area (Å²) in [5.41, 5.74) is 0. The number of likely N-dealkylation sites (N-methyl/N-ethyl adjacent to an activating group) is 2. The second-order valence-corrected chi connectivity index (χ2v) is 4.79. The van der Waals surface area contributed by atoms with Gasteiger partial charge in [0.25, 0.3) is 0 Å². The molecule has 0 radical (unpaired) electrons. The zero-order valence-electron chi connectivity index (χ0n) is 10.1. The van der Waals surface area contributed by atoms with Crippen LogP contribution >= 0.6 is 0 Å². The lowest BCUT2D eigenvalue weighted by molar-refractivity contribution is 0.191. The Hall–Kier alpha value is -0.0800. The van der Waals surface area contributed by atoms with Gasteiger partial charge in [0.15, 0.2) is 0 Å². The molecule has 0 aromatic carbocycles. The third kappa shape index (κ3) is 3.97. The average molecular weight is 198 g/mol. The van der Waals surface area contributed by atoms with Gasteiger partial charge in [0.2, 0.25) is 0 Å². The van der Waals surface area contributed by atoms with Crippen LogP contribution in [0, 0.1) is 5.92 Å². The molecule has 1 aliphatic rings. The monoisotopic (exact) mass is 198 g/mol. The molecule has 1 saturated carbocycles. The van der Waals surface area contributed by atoms with Crippen molar-refractivity contribution in [3.63, 3.8) is 0 Å². The molecule has 0 spiro atoms. The Morgan fingerprint density at radius 2 is 2.14 bits per heavy atom. The molecule has 0 aromatic heterocycles. The van der Waals surface area contributed by atoms with Gasteiger partial charge in [-0.05, 0) is 39.3 Å². The first-order valence-electron chi connectivity index (χ1n) is 6.12. The Morgan fingerprint density at radius 1 is 1.43 bits per heavy atom. The topological polar surface area (TPSA) is 15.3 Å². The summed E-state index contributed by atoms with van der Waals surface area (Å²) in [7, 11) is 4.34. The Morgan fingerprint density at radius 3 is 2.57 bits per heavy atom. The van der Waals surface area contributed by atoms with E-state index in [2.05, 4.69) is 31.2 Å². The summed E-state index contributed by atoms with van der Waals surface area (Å²) in [6.45, 7) is 4.78. The largest absolute Gasteiger partial charge is 0.316 e. The van der Waals surface area contributed by atoms with E-state index in [1.807, 2.05) is 0 Å². The normalized spacial score (nSPS) is 19.7. The van der Waals surface area contributed by atoms with E-state index in [4.69, 9.17) is 0 Å². The van der Waals surface area contributed by atoms with E-state index >= 15 is 0 Å². The van der Waals surface area contributed by atoms with Gasteiger partial charge >= 0.3 is 0 Å². The van der Waals surface area contributed by atoms with Crippen molar-refractivity contribution < 1.29 is 0 Å². The van der Waals surface area contributed by atoms with Crippen LogP contribution in [0.4, 0.5) is 0 Å². The van der Waals surface area contributed by atoms with Gasteiger partial charge in [0.1, 0.15) is 0 Å². The van der Waals surface area contributed by atoms with Crippen LogP contribution in [0.5, 0.6) is 0 Å². The molecule has 0 aromatic rings. The van der Waals surface area contributed by atoms with Crippen molar-refractivity contribution in [1.29, 1.82) is 0 Å². The Bertz CT molecular complexity index is 143. The average Bonchev–Trinajstić information content (AvgIpc) is 2.11. The van der Waals surface area contributed by atoms with Crippen molar-refractivity contribution in [2.45, 2.75) is 45.1 Å². The lowest BCUT2D eigenvalue weighted by atomic mass is 9.85. The molecule has 1 unspecified atom stereocenters. The number of nitrogens with one attached hydrogen (secondary N) is 1. The summed E-state index contributed by atoms with van der Waals surface area (Å²) in [5.74, 6) is 0.999. The highest BCUT2D eigenvalue weighted by Gasteiger charge is 2.19. The van der Waals surface area contributed by atoms with Gasteiger partial charge in [0, 0.05) is 19.1 Å². The standard InChI is InChI=1S/C12H26N2/c1-4-6-12(13-2)10-14(3)9-11-7-5-8-11/h11-13H,4-10H2,1-3H3. The fraction of sp³-hybridized carbons (Fsp3) is 1.00. The predicted molar refractivity (Wildman–Crippen MR) is 62.6 cm³/mol. The van der Waals surface area contributed by atoms with Crippen molar-refractivity contribution in [3.8, 4) is 0 Å². The molecule has 14 heavy (non-hydrogen) atoms. The van der Waals surface area contributed by atoms with E-state index in [1.54, 1.807) is 0 Å². The molecule has 0 bridgehead atoms. The highest BCUT2D eigenvalue weighted by Crippen LogP contribution is 2.26. The highest BCUT2D eigenvalue weighted by molar-refractivity contribution is 4.75. The smallest absolute Gasteiger partial charge is 0.0191 e. The molecule has 1 atom stereocenters. The molecule has 0 saturated heterocycles. The second kappa shape index (κ2) is 6.41. The lowest BCUT2D eigenvalue weighted by Gasteiger charge is -2.32. The van der Waals surface area contributed by atoms with Gasteiger partial charge in [-0.2, -0.15) is 0 Å². The molecular formula is C12H26N2. The highest BCUT2D eigenvalue weighted by atomic mass is 15.1. The minimum absolute atomic E-state index is 0.685. The summed E-state index contributed by atoms with van der Waals surface area (Å²) in [5, 5.41) is 3.40. The van der Waals surface area contributed by atoms with Crippen LogP contribution in [0.15, 0.2) is 0 Å². The zero-order valence-corrected chi connectivity index (χ0v) is 10.1. The number of hydrogen-bond acceptors (Lipinski definition) is 2. The predicted octanol–water partition coefficient (Wildman–Crippen LogP) is 2.11. The molecule has 0 aliphatic heterocycles. The second-order valence-electron chi connectivity index (χ2n) is 4.79. The maximum Gasteiger partial charge on any atom is 0.0191 e. The molecule has 2 nitrogen and oxygen atoms in total. The summed E-state index contributed by atoms with van der Waals surface area (Å²) in [6, 6.07) is 0.685. The maximum atomic E-state index is 3.40. The minimum Gasteiger partial charge on any atom is -0.316 e. The maximum absolute atomic E-state index is 3.40. The molecule has 84 valence electrons. The fourth-order valence-electron chi connectivity index (χ4n) is 2.24. The summed E-state index contributed by atoms with van der Waals surface area (Å²) in [4.78, 5) is 2.50. The number of hydrogen-bond donors (Lipinski definition) is 1. The van der Waals surface area contributed by atoms with Gasteiger partial charge in [-0.15, -0.1) is 0 Å². The van der Waals surface area contributed by atoms with Crippen LogP contribution in [-0.4, -0.2) is 38.1 Å². The van der Waals surface area contributed by atoms with E-state index in [-0.39, 0.29) is 0 Å². The van der Waals surface area contributed by atoms with Crippen LogP contribution in [0.25, 0.3) is 0 Å². The van der Waals surface area contributed by atoms with Crippen LogP contribution in [0.2, 0.25) is 0 Å². The Kier molecular flexibility index (Phi) is 5.49. The molecule has 1 N–H and O–H groups in total. The van der Waals surface area contributed by atoms with E-state index in [9.17, 15) is 0 Å². The van der Waals surface area contributed by atoms with E-state index < -0.39 is 0 Å². The third-order valence-electron chi connectivity index (χ3n) is 3.37. The van der Waals surface area contributed by atoms with Gasteiger partial charge in [-0.3, -0.25) is 0 Å². The number of nitrogens with zero attached hydrogens (tertiary/aromatic N) is 1. The van der Waals surface area contributed by atoms with Gasteiger partial charge in [0.05, 0.1) is 0 Å². The molecule has 1 aliphatic carbocycles. The Labute approximate surface area is 89.1 Å². The molecule has 2 heteroatoms. The van der Waals surface area contributed by atoms with Crippen molar-refractivity contribution in [2.75, 3.05) is 27.2 Å².